The molecule has 0 aliphatic carbocycles. The fourth-order valence-electron chi connectivity index (χ4n) is 3.94. The van der Waals surface area contributed by atoms with Crippen molar-refractivity contribution in [3.63, 3.8) is 0 Å². The third-order valence-corrected chi connectivity index (χ3v) is 5.59. The topological polar surface area (TPSA) is 106 Å². The quantitative estimate of drug-likeness (QED) is 0.269. The van der Waals surface area contributed by atoms with Gasteiger partial charge < -0.3 is 19.8 Å². The third-order valence-electron chi connectivity index (χ3n) is 5.59. The number of aromatic carboxylic acids is 2. The Morgan fingerprint density at radius 1 is 0.486 bits per heavy atom. The van der Waals surface area contributed by atoms with Gasteiger partial charge in [-0.15, -0.1) is 0 Å². The number of rotatable bonds is 2. The van der Waals surface area contributed by atoms with E-state index in [9.17, 15) is 19.8 Å². The van der Waals surface area contributed by atoms with Crippen LogP contribution in [0.5, 0.6) is 0 Å². The van der Waals surface area contributed by atoms with Gasteiger partial charge in [0.05, 0.1) is 34.4 Å². The molecule has 6 rings (SSSR count). The minimum absolute atomic E-state index is 0. The summed E-state index contributed by atoms with van der Waals surface area (Å²) in [5.74, 6) is -2.50. The number of carboxylic acids is 2. The number of carbonyl (C=O) groups excluding carboxylic acids is 2. The number of hydrogen-bond acceptors (Lipinski definition) is 6. The first kappa shape index (κ1) is 24.0. The molecular formula is C28H16N2O4Pt. The van der Waals surface area contributed by atoms with Crippen LogP contribution in [0, 0.1) is 0 Å². The molecule has 0 aliphatic heterocycles. The third kappa shape index (κ3) is 4.74. The van der Waals surface area contributed by atoms with Crippen LogP contribution in [0.25, 0.3) is 43.4 Å². The van der Waals surface area contributed by atoms with Crippen molar-refractivity contribution in [3.8, 4) is 0 Å². The van der Waals surface area contributed by atoms with E-state index in [4.69, 9.17) is 0 Å². The molecular weight excluding hydrogens is 623 g/mol. The summed E-state index contributed by atoms with van der Waals surface area (Å²) in [4.78, 5) is 29.9. The first-order valence-electron chi connectivity index (χ1n) is 10.5. The van der Waals surface area contributed by atoms with Gasteiger partial charge in [-0.1, -0.05) is 84.9 Å². The van der Waals surface area contributed by atoms with E-state index in [1.807, 2.05) is 72.8 Å². The number of aromatic nitrogens is 2. The minimum Gasteiger partial charge on any atom is -0.543 e. The van der Waals surface area contributed by atoms with Gasteiger partial charge in [0.1, 0.15) is 0 Å². The number of pyridine rings is 2. The zero-order valence-electron chi connectivity index (χ0n) is 18.1. The van der Waals surface area contributed by atoms with Crippen LogP contribution in [0.15, 0.2) is 97.1 Å². The normalized spacial score (nSPS) is 10.5. The summed E-state index contributed by atoms with van der Waals surface area (Å²) >= 11 is 0. The van der Waals surface area contributed by atoms with E-state index in [1.165, 1.54) is 12.1 Å². The summed E-state index contributed by atoms with van der Waals surface area (Å²) in [5.41, 5.74) is 1.33. The number of benzene rings is 4. The van der Waals surface area contributed by atoms with Gasteiger partial charge in [0.2, 0.25) is 0 Å². The molecule has 6 aromatic rings. The van der Waals surface area contributed by atoms with E-state index in [1.54, 1.807) is 12.1 Å². The van der Waals surface area contributed by atoms with E-state index < -0.39 is 11.9 Å². The monoisotopic (exact) mass is 639 g/mol. The Kier molecular flexibility index (Phi) is 6.85. The maximum atomic E-state index is 10.8. The standard InChI is InChI=1S/2C14H9NO2.Pt/c2*16-14(17)12-8-7-10-6-5-9-3-1-2-4-11(9)13(10)15-12;/h2*1-8H,(H,16,17);/q;;+2/p-2. The largest absolute Gasteiger partial charge is 2.00 e. The van der Waals surface area contributed by atoms with Gasteiger partial charge in [0.25, 0.3) is 0 Å². The Balaban J connectivity index is 0.000000160. The summed E-state index contributed by atoms with van der Waals surface area (Å²) in [6.45, 7) is 0. The van der Waals surface area contributed by atoms with Crippen LogP contribution in [-0.4, -0.2) is 21.9 Å². The maximum absolute atomic E-state index is 10.8. The van der Waals surface area contributed by atoms with Gasteiger partial charge in [0, 0.05) is 21.5 Å². The van der Waals surface area contributed by atoms with E-state index in [0.717, 1.165) is 32.3 Å². The molecule has 35 heavy (non-hydrogen) atoms. The molecule has 0 N–H and O–H groups in total. The molecule has 0 fully saturated rings. The summed E-state index contributed by atoms with van der Waals surface area (Å²) in [7, 11) is 0. The van der Waals surface area contributed by atoms with Crippen molar-refractivity contribution in [2.75, 3.05) is 0 Å². The first-order chi connectivity index (χ1) is 16.5. The van der Waals surface area contributed by atoms with Crippen molar-refractivity contribution in [2.45, 2.75) is 0 Å². The number of carboxylic acid groups (broad SMARTS) is 2. The summed E-state index contributed by atoms with van der Waals surface area (Å²) in [5, 5.41) is 27.5. The molecule has 0 saturated carbocycles. The summed E-state index contributed by atoms with van der Waals surface area (Å²) < 4.78 is 0. The Morgan fingerprint density at radius 3 is 1.23 bits per heavy atom. The maximum Gasteiger partial charge on any atom is 2.00 e. The van der Waals surface area contributed by atoms with Gasteiger partial charge in [-0.05, 0) is 22.9 Å². The van der Waals surface area contributed by atoms with Crippen molar-refractivity contribution < 1.29 is 40.9 Å². The summed E-state index contributed by atoms with van der Waals surface area (Å²) in [6.07, 6.45) is 0. The molecule has 0 radical (unpaired) electrons. The summed E-state index contributed by atoms with van der Waals surface area (Å²) in [6, 6.07) is 29.8. The smallest absolute Gasteiger partial charge is 0.543 e. The predicted octanol–water partition coefficient (Wildman–Crippen LogP) is 3.50. The molecule has 0 aliphatic rings. The van der Waals surface area contributed by atoms with Crippen molar-refractivity contribution in [2.24, 2.45) is 0 Å². The van der Waals surface area contributed by atoms with Crippen molar-refractivity contribution in [1.82, 2.24) is 9.97 Å². The number of nitrogens with zero attached hydrogens (tertiary/aromatic N) is 2. The zero-order valence-corrected chi connectivity index (χ0v) is 20.4. The average Bonchev–Trinajstić information content (AvgIpc) is 2.88. The van der Waals surface area contributed by atoms with Crippen LogP contribution >= 0.6 is 0 Å². The van der Waals surface area contributed by atoms with E-state index in [2.05, 4.69) is 9.97 Å². The van der Waals surface area contributed by atoms with Gasteiger partial charge in [-0.3, -0.25) is 0 Å². The molecule has 2 heterocycles. The molecule has 2 aromatic heterocycles. The van der Waals surface area contributed by atoms with Crippen LogP contribution in [0.2, 0.25) is 0 Å². The van der Waals surface area contributed by atoms with Crippen molar-refractivity contribution in [1.29, 1.82) is 0 Å². The molecule has 172 valence electrons. The predicted molar refractivity (Wildman–Crippen MR) is 127 cm³/mol. The molecule has 0 saturated heterocycles. The number of carbonyl (C=O) groups is 2. The molecule has 0 spiro atoms. The van der Waals surface area contributed by atoms with Crippen LogP contribution < -0.4 is 10.2 Å². The van der Waals surface area contributed by atoms with Gasteiger partial charge >= 0.3 is 21.1 Å². The first-order valence-corrected chi connectivity index (χ1v) is 10.5. The minimum atomic E-state index is -1.25. The second kappa shape index (κ2) is 10.00. The van der Waals surface area contributed by atoms with E-state index in [0.29, 0.717) is 11.0 Å². The van der Waals surface area contributed by atoms with Gasteiger partial charge in [-0.2, -0.15) is 0 Å². The van der Waals surface area contributed by atoms with E-state index >= 15 is 0 Å². The van der Waals surface area contributed by atoms with E-state index in [-0.39, 0.29) is 32.5 Å². The second-order valence-corrected chi connectivity index (χ2v) is 7.68. The van der Waals surface area contributed by atoms with Crippen LogP contribution in [0.1, 0.15) is 21.0 Å². The Labute approximate surface area is 214 Å². The van der Waals surface area contributed by atoms with Crippen molar-refractivity contribution in [3.05, 3.63) is 108 Å². The fraction of sp³-hybridized carbons (Fsp3) is 0. The van der Waals surface area contributed by atoms with Crippen LogP contribution in [-0.2, 0) is 21.1 Å². The Morgan fingerprint density at radius 2 is 0.829 bits per heavy atom. The molecule has 0 amide bonds. The number of hydrogen-bond donors (Lipinski definition) is 0. The average molecular weight is 640 g/mol. The molecule has 4 aromatic carbocycles. The Bertz CT molecular complexity index is 1600. The SMILES string of the molecule is O=C([O-])c1ccc2ccc3ccccc3c2n1.O=C([O-])c1ccc2ccc3ccccc3c2n1.[Pt+2]. The Hall–Kier alpha value is -4.15. The molecule has 7 heteroatoms. The molecule has 0 atom stereocenters. The van der Waals surface area contributed by atoms with Crippen molar-refractivity contribution >= 4 is 55.3 Å². The number of fused-ring (bicyclic) bond motifs is 6. The van der Waals surface area contributed by atoms with Crippen LogP contribution in [0.4, 0.5) is 0 Å². The fourth-order valence-corrected chi connectivity index (χ4v) is 3.94. The van der Waals surface area contributed by atoms with Crippen LogP contribution in [0.3, 0.4) is 0 Å². The second-order valence-electron chi connectivity index (χ2n) is 7.68. The molecule has 0 unspecified atom stereocenters. The van der Waals surface area contributed by atoms with Gasteiger partial charge in [0.15, 0.2) is 0 Å². The zero-order chi connectivity index (χ0) is 23.7. The molecule has 6 nitrogen and oxygen atoms in total. The van der Waals surface area contributed by atoms with Gasteiger partial charge in [-0.25, -0.2) is 9.97 Å². The molecule has 0 bridgehead atoms.